The number of methoxy groups -OCH3 is 1. The van der Waals surface area contributed by atoms with E-state index in [1.807, 2.05) is 13.8 Å². The van der Waals surface area contributed by atoms with Crippen LogP contribution in [0.4, 0.5) is 16.2 Å². The number of hydrogen-bond donors (Lipinski definition) is 2. The van der Waals surface area contributed by atoms with E-state index < -0.39 is 6.03 Å². The van der Waals surface area contributed by atoms with Crippen LogP contribution in [0.2, 0.25) is 0 Å². The number of anilines is 2. The molecule has 31 heavy (non-hydrogen) atoms. The van der Waals surface area contributed by atoms with Crippen LogP contribution in [0.5, 0.6) is 0 Å². The molecular weight excluding hydrogens is 416 g/mol. The predicted octanol–water partition coefficient (Wildman–Crippen LogP) is 3.80. The molecule has 3 aromatic heterocycles. The van der Waals surface area contributed by atoms with E-state index in [1.165, 1.54) is 28.5 Å². The summed E-state index contributed by atoms with van der Waals surface area (Å²) >= 11 is 1.48. The van der Waals surface area contributed by atoms with Crippen LogP contribution in [-0.2, 0) is 4.74 Å². The van der Waals surface area contributed by atoms with Crippen LogP contribution >= 0.6 is 11.3 Å². The minimum atomic E-state index is -0.480. The SMILES string of the molecule is CO[C@H](C)c1c(NC(=O)Nc2ccc(-n3nccn3)c(C#N)c2)cnc2sc(C)nc12. The highest BCUT2D eigenvalue weighted by molar-refractivity contribution is 7.18. The summed E-state index contributed by atoms with van der Waals surface area (Å²) in [5.74, 6) is 0. The van der Waals surface area contributed by atoms with E-state index in [2.05, 4.69) is 36.9 Å². The summed E-state index contributed by atoms with van der Waals surface area (Å²) in [6, 6.07) is 6.51. The minimum absolute atomic E-state index is 0.298. The van der Waals surface area contributed by atoms with Gasteiger partial charge in [0.2, 0.25) is 0 Å². The van der Waals surface area contributed by atoms with Gasteiger partial charge in [-0.15, -0.1) is 0 Å². The Labute approximate surface area is 181 Å². The maximum Gasteiger partial charge on any atom is 0.323 e. The molecule has 0 aliphatic heterocycles. The maximum absolute atomic E-state index is 12.7. The van der Waals surface area contributed by atoms with Crippen molar-refractivity contribution in [3.8, 4) is 11.8 Å². The van der Waals surface area contributed by atoms with Crippen LogP contribution in [0.3, 0.4) is 0 Å². The van der Waals surface area contributed by atoms with Crippen LogP contribution in [0.15, 0.2) is 36.8 Å². The van der Waals surface area contributed by atoms with Gasteiger partial charge >= 0.3 is 6.03 Å². The summed E-state index contributed by atoms with van der Waals surface area (Å²) in [5, 5.41) is 24.0. The normalized spacial score (nSPS) is 11.8. The molecule has 0 bridgehead atoms. The lowest BCUT2D eigenvalue weighted by Gasteiger charge is -2.16. The van der Waals surface area contributed by atoms with Crippen LogP contribution in [0, 0.1) is 18.3 Å². The van der Waals surface area contributed by atoms with Crippen molar-refractivity contribution in [3.05, 3.63) is 52.9 Å². The number of nitrogens with one attached hydrogen (secondary N) is 2. The molecule has 1 aromatic carbocycles. The molecule has 11 heteroatoms. The molecule has 3 heterocycles. The molecule has 156 valence electrons. The number of nitrogens with zero attached hydrogens (tertiary/aromatic N) is 6. The van der Waals surface area contributed by atoms with Crippen molar-refractivity contribution in [1.82, 2.24) is 25.0 Å². The van der Waals surface area contributed by atoms with Gasteiger partial charge in [0.15, 0.2) is 0 Å². The number of amides is 2. The Morgan fingerprint density at radius 3 is 2.77 bits per heavy atom. The van der Waals surface area contributed by atoms with Gasteiger partial charge < -0.3 is 15.4 Å². The average molecular weight is 434 g/mol. The van der Waals surface area contributed by atoms with E-state index in [1.54, 1.807) is 31.5 Å². The third-order valence-electron chi connectivity index (χ3n) is 4.59. The van der Waals surface area contributed by atoms with E-state index in [4.69, 9.17) is 4.74 Å². The molecule has 0 spiro atoms. The number of fused-ring (bicyclic) bond motifs is 1. The molecule has 0 fully saturated rings. The molecule has 0 saturated heterocycles. The number of carbonyl (C=O) groups excluding carboxylic acids is 1. The molecule has 4 rings (SSSR count). The maximum atomic E-state index is 12.7. The lowest BCUT2D eigenvalue weighted by atomic mass is 10.1. The molecular formula is C20H18N8O2S. The van der Waals surface area contributed by atoms with Crippen molar-refractivity contribution in [2.24, 2.45) is 0 Å². The topological polar surface area (TPSA) is 131 Å². The van der Waals surface area contributed by atoms with E-state index >= 15 is 0 Å². The Kier molecular flexibility index (Phi) is 5.57. The van der Waals surface area contributed by atoms with Crippen LogP contribution in [0.25, 0.3) is 16.0 Å². The Balaban J connectivity index is 1.59. The number of ether oxygens (including phenoxy) is 1. The van der Waals surface area contributed by atoms with Gasteiger partial charge in [-0.1, -0.05) is 11.3 Å². The minimum Gasteiger partial charge on any atom is -0.377 e. The number of urea groups is 1. The fraction of sp³-hybridized carbons (Fsp3) is 0.200. The summed E-state index contributed by atoms with van der Waals surface area (Å²) in [6.07, 6.45) is 4.34. The Morgan fingerprint density at radius 2 is 2.06 bits per heavy atom. The zero-order chi connectivity index (χ0) is 22.0. The summed E-state index contributed by atoms with van der Waals surface area (Å²) < 4.78 is 5.49. The number of hydrogen-bond acceptors (Lipinski definition) is 8. The predicted molar refractivity (Wildman–Crippen MR) is 116 cm³/mol. The van der Waals surface area contributed by atoms with Gasteiger partial charge in [0.25, 0.3) is 0 Å². The number of benzene rings is 1. The van der Waals surface area contributed by atoms with Crippen LogP contribution in [-0.4, -0.2) is 38.1 Å². The van der Waals surface area contributed by atoms with E-state index in [9.17, 15) is 10.1 Å². The van der Waals surface area contributed by atoms with Crippen LogP contribution in [0.1, 0.15) is 29.2 Å². The quantitative estimate of drug-likeness (QED) is 0.488. The first kappa shape index (κ1) is 20.4. The van der Waals surface area contributed by atoms with E-state index in [0.717, 1.165) is 15.4 Å². The number of aryl methyl sites for hydroxylation is 1. The van der Waals surface area contributed by atoms with Gasteiger partial charge in [0, 0.05) is 18.4 Å². The molecule has 0 aliphatic carbocycles. The summed E-state index contributed by atoms with van der Waals surface area (Å²) in [4.78, 5) is 23.8. The highest BCUT2D eigenvalue weighted by Gasteiger charge is 2.20. The number of pyridine rings is 1. The van der Waals surface area contributed by atoms with Gasteiger partial charge in [-0.05, 0) is 32.0 Å². The smallest absolute Gasteiger partial charge is 0.323 e. The van der Waals surface area contributed by atoms with Gasteiger partial charge in [-0.3, -0.25) is 0 Å². The number of carbonyl (C=O) groups is 1. The van der Waals surface area contributed by atoms with Gasteiger partial charge in [-0.2, -0.15) is 20.3 Å². The fourth-order valence-corrected chi connectivity index (χ4v) is 3.91. The van der Waals surface area contributed by atoms with Crippen molar-refractivity contribution in [1.29, 1.82) is 5.26 Å². The first-order chi connectivity index (χ1) is 15.0. The van der Waals surface area contributed by atoms with E-state index in [-0.39, 0.29) is 6.10 Å². The molecule has 2 N–H and O–H groups in total. The largest absolute Gasteiger partial charge is 0.377 e. The van der Waals surface area contributed by atoms with Crippen molar-refractivity contribution < 1.29 is 9.53 Å². The fourth-order valence-electron chi connectivity index (χ4n) is 3.13. The Hall–Kier alpha value is -3.88. The summed E-state index contributed by atoms with van der Waals surface area (Å²) in [6.45, 7) is 3.79. The Bertz CT molecular complexity index is 1290. The molecule has 1 atom stereocenters. The average Bonchev–Trinajstić information content (AvgIpc) is 3.42. The van der Waals surface area contributed by atoms with Gasteiger partial charge in [0.1, 0.15) is 22.1 Å². The van der Waals surface area contributed by atoms with Crippen molar-refractivity contribution in [2.75, 3.05) is 17.7 Å². The third-order valence-corrected chi connectivity index (χ3v) is 5.47. The molecule has 0 radical (unpaired) electrons. The first-order valence-corrected chi connectivity index (χ1v) is 10.1. The standard InChI is InChI=1S/C20H18N8O2S/c1-11(30-3)17-15(10-22-19-18(17)25-12(2)31-19)27-20(29)26-14-4-5-16(13(8-14)9-21)28-23-6-7-24-28/h4-8,10-11H,1-3H3,(H2,26,27,29)/t11-/m1/s1. The van der Waals surface area contributed by atoms with Gasteiger partial charge in [0.05, 0.1) is 41.0 Å². The zero-order valence-electron chi connectivity index (χ0n) is 16.9. The first-order valence-electron chi connectivity index (χ1n) is 9.28. The monoisotopic (exact) mass is 434 g/mol. The second-order valence-electron chi connectivity index (χ2n) is 6.59. The van der Waals surface area contributed by atoms with Crippen molar-refractivity contribution in [3.63, 3.8) is 0 Å². The lowest BCUT2D eigenvalue weighted by Crippen LogP contribution is -2.21. The molecule has 0 unspecified atom stereocenters. The molecule has 0 saturated carbocycles. The van der Waals surface area contributed by atoms with Crippen molar-refractivity contribution in [2.45, 2.75) is 20.0 Å². The third kappa shape index (κ3) is 4.07. The number of nitriles is 1. The van der Waals surface area contributed by atoms with Crippen molar-refractivity contribution >= 4 is 39.1 Å². The molecule has 2 amide bonds. The second kappa shape index (κ2) is 8.47. The summed E-state index contributed by atoms with van der Waals surface area (Å²) in [7, 11) is 1.60. The zero-order valence-corrected chi connectivity index (χ0v) is 17.8. The molecule has 0 aliphatic rings. The van der Waals surface area contributed by atoms with E-state index in [0.29, 0.717) is 28.1 Å². The lowest BCUT2D eigenvalue weighted by molar-refractivity contribution is 0.121. The molecule has 10 nitrogen and oxygen atoms in total. The summed E-state index contributed by atoms with van der Waals surface area (Å²) in [5.41, 5.74) is 3.25. The number of aromatic nitrogens is 5. The van der Waals surface area contributed by atoms with Gasteiger partial charge in [-0.25, -0.2) is 14.8 Å². The highest BCUT2D eigenvalue weighted by Crippen LogP contribution is 2.33. The Morgan fingerprint density at radius 1 is 1.29 bits per heavy atom. The second-order valence-corrected chi connectivity index (χ2v) is 7.77. The molecule has 4 aromatic rings. The highest BCUT2D eigenvalue weighted by atomic mass is 32.1. The number of thiazole rings is 1. The number of rotatable bonds is 5. The van der Waals surface area contributed by atoms with Crippen LogP contribution < -0.4 is 10.6 Å².